The maximum absolute atomic E-state index is 10.9. The maximum Gasteiger partial charge on any atom is 0.238 e. The topological polar surface area (TPSA) is 118 Å². The highest BCUT2D eigenvalue weighted by Crippen LogP contribution is 2.14. The second-order valence-electron chi connectivity index (χ2n) is 2.82. The van der Waals surface area contributed by atoms with Gasteiger partial charge in [-0.1, -0.05) is 5.11 Å². The van der Waals surface area contributed by atoms with E-state index < -0.39 is 10.0 Å². The molecule has 0 unspecified atom stereocenters. The number of rotatable bonds is 5. The highest BCUT2D eigenvalue weighted by Gasteiger charge is 2.06. The SMILES string of the molecule is [N-]=[N+]=NCCOc1ccc(S(N)(=O)=O)cc1. The van der Waals surface area contributed by atoms with Crippen LogP contribution < -0.4 is 9.88 Å². The Morgan fingerprint density at radius 3 is 2.50 bits per heavy atom. The van der Waals surface area contributed by atoms with Gasteiger partial charge in [-0.15, -0.1) is 0 Å². The first-order valence-corrected chi connectivity index (χ1v) is 5.85. The Morgan fingerprint density at radius 2 is 2.00 bits per heavy atom. The van der Waals surface area contributed by atoms with Gasteiger partial charge in [-0.3, -0.25) is 0 Å². The van der Waals surface area contributed by atoms with Crippen molar-refractivity contribution >= 4 is 10.0 Å². The third kappa shape index (κ3) is 3.77. The van der Waals surface area contributed by atoms with Crippen LogP contribution in [0.1, 0.15) is 0 Å². The molecular weight excluding hydrogens is 232 g/mol. The molecule has 0 saturated carbocycles. The molecule has 2 N–H and O–H groups in total. The molecule has 0 radical (unpaired) electrons. The van der Waals surface area contributed by atoms with Crippen molar-refractivity contribution < 1.29 is 13.2 Å². The molecule has 0 bridgehead atoms. The second-order valence-corrected chi connectivity index (χ2v) is 4.38. The van der Waals surface area contributed by atoms with Gasteiger partial charge >= 0.3 is 0 Å². The van der Waals surface area contributed by atoms with Crippen molar-refractivity contribution in [2.45, 2.75) is 4.90 Å². The number of ether oxygens (including phenoxy) is 1. The lowest BCUT2D eigenvalue weighted by atomic mass is 10.3. The molecule has 7 nitrogen and oxygen atoms in total. The van der Waals surface area contributed by atoms with E-state index in [0.29, 0.717) is 5.75 Å². The lowest BCUT2D eigenvalue weighted by molar-refractivity contribution is 0.328. The Labute approximate surface area is 92.5 Å². The molecule has 0 fully saturated rings. The van der Waals surface area contributed by atoms with Crippen molar-refractivity contribution in [3.63, 3.8) is 0 Å². The summed E-state index contributed by atoms with van der Waals surface area (Å²) in [5, 5.41) is 8.21. The van der Waals surface area contributed by atoms with Gasteiger partial charge in [0.2, 0.25) is 10.0 Å². The van der Waals surface area contributed by atoms with Gasteiger partial charge in [-0.05, 0) is 29.8 Å². The van der Waals surface area contributed by atoms with E-state index in [1.165, 1.54) is 24.3 Å². The number of hydrogen-bond acceptors (Lipinski definition) is 4. The van der Waals surface area contributed by atoms with Gasteiger partial charge < -0.3 is 4.74 Å². The van der Waals surface area contributed by atoms with Crippen LogP contribution in [-0.2, 0) is 10.0 Å². The van der Waals surface area contributed by atoms with Crippen molar-refractivity contribution in [3.8, 4) is 5.75 Å². The normalized spacial score (nSPS) is 10.6. The predicted molar refractivity (Wildman–Crippen MR) is 57.3 cm³/mol. The summed E-state index contributed by atoms with van der Waals surface area (Å²) in [5.74, 6) is 0.487. The van der Waals surface area contributed by atoms with Gasteiger partial charge in [-0.25, -0.2) is 13.6 Å². The Bertz CT molecular complexity index is 491. The summed E-state index contributed by atoms with van der Waals surface area (Å²) in [7, 11) is -3.67. The average Bonchev–Trinajstić information content (AvgIpc) is 2.24. The minimum atomic E-state index is -3.67. The minimum Gasteiger partial charge on any atom is -0.493 e. The van der Waals surface area contributed by atoms with E-state index in [1.54, 1.807) is 0 Å². The number of azide groups is 1. The van der Waals surface area contributed by atoms with Crippen LogP contribution in [0.5, 0.6) is 5.75 Å². The first-order valence-electron chi connectivity index (χ1n) is 4.30. The fourth-order valence-electron chi connectivity index (χ4n) is 0.975. The van der Waals surface area contributed by atoms with Crippen LogP contribution in [0.4, 0.5) is 0 Å². The Balaban J connectivity index is 2.62. The molecule has 0 atom stereocenters. The van der Waals surface area contributed by atoms with Gasteiger partial charge in [0.1, 0.15) is 5.75 Å². The van der Waals surface area contributed by atoms with Crippen LogP contribution in [0.3, 0.4) is 0 Å². The van der Waals surface area contributed by atoms with Crippen molar-refractivity contribution in [3.05, 3.63) is 34.7 Å². The summed E-state index contributed by atoms with van der Waals surface area (Å²) >= 11 is 0. The largest absolute Gasteiger partial charge is 0.493 e. The maximum atomic E-state index is 10.9. The summed E-state index contributed by atoms with van der Waals surface area (Å²) < 4.78 is 27.0. The van der Waals surface area contributed by atoms with Crippen molar-refractivity contribution in [2.24, 2.45) is 10.3 Å². The summed E-state index contributed by atoms with van der Waals surface area (Å²) in [5.41, 5.74) is 8.01. The number of benzene rings is 1. The van der Waals surface area contributed by atoms with Crippen LogP contribution in [0.2, 0.25) is 0 Å². The zero-order valence-electron chi connectivity index (χ0n) is 8.28. The molecule has 0 spiro atoms. The van der Waals surface area contributed by atoms with Crippen LogP contribution in [0, 0.1) is 0 Å². The number of sulfonamides is 1. The predicted octanol–water partition coefficient (Wildman–Crippen LogP) is 1.02. The molecule has 0 aromatic heterocycles. The van der Waals surface area contributed by atoms with E-state index in [2.05, 4.69) is 10.0 Å². The van der Waals surface area contributed by atoms with Gasteiger partial charge in [0.25, 0.3) is 0 Å². The van der Waals surface area contributed by atoms with Gasteiger partial charge in [0.05, 0.1) is 18.0 Å². The first kappa shape index (κ1) is 12.3. The summed E-state index contributed by atoms with van der Waals surface area (Å²) in [6, 6.07) is 5.65. The number of nitrogens with zero attached hydrogens (tertiary/aromatic N) is 3. The number of hydrogen-bond donors (Lipinski definition) is 1. The smallest absolute Gasteiger partial charge is 0.238 e. The van der Waals surface area contributed by atoms with E-state index >= 15 is 0 Å². The minimum absolute atomic E-state index is 0.0231. The lowest BCUT2D eigenvalue weighted by Gasteiger charge is -2.04. The van der Waals surface area contributed by atoms with E-state index in [4.69, 9.17) is 15.4 Å². The van der Waals surface area contributed by atoms with Crippen LogP contribution >= 0.6 is 0 Å². The molecule has 0 aliphatic heterocycles. The molecule has 0 heterocycles. The van der Waals surface area contributed by atoms with E-state index in [0.717, 1.165) is 0 Å². The highest BCUT2D eigenvalue weighted by atomic mass is 32.2. The second kappa shape index (κ2) is 5.36. The summed E-state index contributed by atoms with van der Waals surface area (Å²) in [4.78, 5) is 2.59. The monoisotopic (exact) mass is 242 g/mol. The molecule has 16 heavy (non-hydrogen) atoms. The van der Waals surface area contributed by atoms with Crippen molar-refractivity contribution in [1.29, 1.82) is 0 Å². The fraction of sp³-hybridized carbons (Fsp3) is 0.250. The molecule has 0 saturated heterocycles. The molecule has 1 aromatic rings. The third-order valence-electron chi connectivity index (χ3n) is 1.68. The Hall–Kier alpha value is -1.76. The van der Waals surface area contributed by atoms with Crippen LogP contribution in [0.15, 0.2) is 34.3 Å². The van der Waals surface area contributed by atoms with Gasteiger partial charge in [0.15, 0.2) is 0 Å². The lowest BCUT2D eigenvalue weighted by Crippen LogP contribution is -2.11. The summed E-state index contributed by atoms with van der Waals surface area (Å²) in [6.45, 7) is 0.451. The number of primary sulfonamides is 1. The standard InChI is InChI=1S/C8H10N4O3S/c9-12-11-5-6-15-7-1-3-8(4-2-7)16(10,13)14/h1-4H,5-6H2,(H2,10,13,14). The number of nitrogens with two attached hydrogens (primary N) is 1. The molecule has 1 aromatic carbocycles. The van der Waals surface area contributed by atoms with Crippen molar-refractivity contribution in [2.75, 3.05) is 13.2 Å². The van der Waals surface area contributed by atoms with Gasteiger partial charge in [-0.2, -0.15) is 0 Å². The Morgan fingerprint density at radius 1 is 1.38 bits per heavy atom. The van der Waals surface area contributed by atoms with Gasteiger partial charge in [0, 0.05) is 4.91 Å². The van der Waals surface area contributed by atoms with E-state index in [9.17, 15) is 8.42 Å². The molecule has 1 rings (SSSR count). The highest BCUT2D eigenvalue weighted by molar-refractivity contribution is 7.89. The first-order chi connectivity index (χ1) is 7.54. The zero-order valence-corrected chi connectivity index (χ0v) is 9.09. The average molecular weight is 242 g/mol. The molecule has 8 heteroatoms. The zero-order chi connectivity index (χ0) is 12.0. The molecule has 0 aliphatic rings. The van der Waals surface area contributed by atoms with Crippen LogP contribution in [0.25, 0.3) is 10.4 Å². The molecular formula is C8H10N4O3S. The van der Waals surface area contributed by atoms with E-state index in [-0.39, 0.29) is 18.0 Å². The van der Waals surface area contributed by atoms with Crippen LogP contribution in [-0.4, -0.2) is 21.6 Å². The fourth-order valence-corrected chi connectivity index (χ4v) is 1.49. The quantitative estimate of drug-likeness (QED) is 0.359. The van der Waals surface area contributed by atoms with E-state index in [1.807, 2.05) is 0 Å². The Kier molecular flexibility index (Phi) is 4.12. The third-order valence-corrected chi connectivity index (χ3v) is 2.60. The molecule has 86 valence electrons. The molecule has 0 aliphatic carbocycles. The van der Waals surface area contributed by atoms with Crippen molar-refractivity contribution in [1.82, 2.24) is 0 Å². The summed E-state index contributed by atoms with van der Waals surface area (Å²) in [6.07, 6.45) is 0. The molecule has 0 amide bonds.